The molecule has 0 radical (unpaired) electrons. The van der Waals surface area contributed by atoms with Gasteiger partial charge < -0.3 is 5.32 Å². The van der Waals surface area contributed by atoms with Crippen LogP contribution in [0, 0.1) is 0 Å². The summed E-state index contributed by atoms with van der Waals surface area (Å²) in [6, 6.07) is 5.71. The van der Waals surface area contributed by atoms with Crippen LogP contribution in [0.1, 0.15) is 25.0 Å². The van der Waals surface area contributed by atoms with Gasteiger partial charge in [0.2, 0.25) is 0 Å². The van der Waals surface area contributed by atoms with E-state index in [2.05, 4.69) is 26.2 Å². The predicted octanol–water partition coefficient (Wildman–Crippen LogP) is 2.10. The van der Waals surface area contributed by atoms with Crippen molar-refractivity contribution in [1.29, 1.82) is 0 Å². The molecule has 1 N–H and O–H groups in total. The number of carbonyl (C=O) groups excluding carboxylic acids is 1. The highest BCUT2D eigenvalue weighted by Gasteiger charge is 2.20. The number of Topliss-reactive ketones (excluding diaryl/α,β-unsaturated/α-hetero) is 1. The minimum atomic E-state index is 0.0366. The second-order valence-electron chi connectivity index (χ2n) is 4.10. The fraction of sp³-hybridized carbons (Fsp3) is 0.500. The molecule has 16 heavy (non-hydrogen) atoms. The highest BCUT2D eigenvalue weighted by atomic mass is 79.9. The largest absolute Gasteiger partial charge is 0.307 e. The predicted molar refractivity (Wildman–Crippen MR) is 66.3 cm³/mol. The quantitative estimate of drug-likeness (QED) is 0.864. The van der Waals surface area contributed by atoms with Crippen molar-refractivity contribution in [2.24, 2.45) is 0 Å². The zero-order chi connectivity index (χ0) is 11.4. The molecule has 1 aromatic heterocycles. The Morgan fingerprint density at radius 2 is 2.38 bits per heavy atom. The van der Waals surface area contributed by atoms with Crippen LogP contribution in [0.3, 0.4) is 0 Å². The van der Waals surface area contributed by atoms with Gasteiger partial charge in [0, 0.05) is 5.69 Å². The molecule has 1 atom stereocenters. The molecular weight excluding hydrogens is 268 g/mol. The Kier molecular flexibility index (Phi) is 4.07. The maximum absolute atomic E-state index is 12.0. The molecule has 1 fully saturated rings. The Hall–Kier alpha value is -0.740. The summed E-state index contributed by atoms with van der Waals surface area (Å²) in [7, 11) is 0. The van der Waals surface area contributed by atoms with Gasteiger partial charge in [0.15, 0.2) is 5.78 Å². The van der Waals surface area contributed by atoms with E-state index in [0.717, 1.165) is 29.7 Å². The molecule has 1 unspecified atom stereocenters. The van der Waals surface area contributed by atoms with Crippen LogP contribution in [0.15, 0.2) is 22.8 Å². The van der Waals surface area contributed by atoms with Crippen LogP contribution >= 0.6 is 15.9 Å². The number of pyridine rings is 1. The molecule has 2 heterocycles. The number of hydrogen-bond acceptors (Lipinski definition) is 3. The maximum atomic E-state index is 12.0. The number of nitrogens with zero attached hydrogens (tertiary/aromatic N) is 1. The first kappa shape index (κ1) is 11.7. The van der Waals surface area contributed by atoms with E-state index in [-0.39, 0.29) is 11.8 Å². The van der Waals surface area contributed by atoms with Crippen molar-refractivity contribution >= 4 is 21.7 Å². The topological polar surface area (TPSA) is 42.0 Å². The maximum Gasteiger partial charge on any atom is 0.155 e. The molecule has 0 spiro atoms. The number of ketones is 1. The lowest BCUT2D eigenvalue weighted by atomic mass is 9.98. The molecule has 86 valence electrons. The zero-order valence-electron chi connectivity index (χ0n) is 9.08. The lowest BCUT2D eigenvalue weighted by molar-refractivity contribution is -0.121. The number of carbonyl (C=O) groups is 1. The summed E-state index contributed by atoms with van der Waals surface area (Å²) >= 11 is 3.31. The van der Waals surface area contributed by atoms with Gasteiger partial charge in [0.05, 0.1) is 12.5 Å². The normalized spacial score (nSPS) is 20.7. The Morgan fingerprint density at radius 3 is 3.06 bits per heavy atom. The van der Waals surface area contributed by atoms with Crippen LogP contribution in [0.2, 0.25) is 0 Å². The average molecular weight is 283 g/mol. The second kappa shape index (κ2) is 5.55. The third-order valence-electron chi connectivity index (χ3n) is 2.83. The molecule has 0 aliphatic carbocycles. The molecule has 3 nitrogen and oxygen atoms in total. The van der Waals surface area contributed by atoms with Gasteiger partial charge in [-0.3, -0.25) is 4.79 Å². The van der Waals surface area contributed by atoms with E-state index in [4.69, 9.17) is 0 Å². The number of piperidine rings is 1. The number of hydrogen-bond donors (Lipinski definition) is 1. The fourth-order valence-electron chi connectivity index (χ4n) is 1.98. The molecule has 4 heteroatoms. The van der Waals surface area contributed by atoms with Gasteiger partial charge >= 0.3 is 0 Å². The molecule has 2 rings (SSSR count). The Bertz CT molecular complexity index is 375. The van der Waals surface area contributed by atoms with Crippen molar-refractivity contribution in [1.82, 2.24) is 10.3 Å². The van der Waals surface area contributed by atoms with Crippen LogP contribution < -0.4 is 5.32 Å². The van der Waals surface area contributed by atoms with Crippen molar-refractivity contribution in [2.45, 2.75) is 31.7 Å². The Labute approximate surface area is 104 Å². The van der Waals surface area contributed by atoms with Gasteiger partial charge in [-0.25, -0.2) is 4.98 Å². The van der Waals surface area contributed by atoms with Crippen LogP contribution in [0.5, 0.6) is 0 Å². The number of aromatic nitrogens is 1. The van der Waals surface area contributed by atoms with E-state index >= 15 is 0 Å². The summed E-state index contributed by atoms with van der Waals surface area (Å²) in [5.41, 5.74) is 0.840. The summed E-state index contributed by atoms with van der Waals surface area (Å²) in [5.74, 6) is 0.255. The highest BCUT2D eigenvalue weighted by molar-refractivity contribution is 9.10. The van der Waals surface area contributed by atoms with Crippen LogP contribution in [0.25, 0.3) is 0 Å². The molecule has 1 aliphatic heterocycles. The summed E-state index contributed by atoms with van der Waals surface area (Å²) in [5, 5.41) is 3.26. The summed E-state index contributed by atoms with van der Waals surface area (Å²) in [4.78, 5) is 16.2. The Morgan fingerprint density at radius 1 is 1.50 bits per heavy atom. The SMILES string of the molecule is O=C(Cc1cccc(Br)n1)C1CCCCN1. The molecule has 0 amide bonds. The van der Waals surface area contributed by atoms with E-state index in [9.17, 15) is 4.79 Å². The summed E-state index contributed by atoms with van der Waals surface area (Å²) < 4.78 is 0.786. The average Bonchev–Trinajstić information content (AvgIpc) is 2.30. The summed E-state index contributed by atoms with van der Waals surface area (Å²) in [6.45, 7) is 0.961. The second-order valence-corrected chi connectivity index (χ2v) is 4.91. The molecule has 0 saturated carbocycles. The van der Waals surface area contributed by atoms with Gasteiger partial charge in [0.25, 0.3) is 0 Å². The highest BCUT2D eigenvalue weighted by Crippen LogP contribution is 2.11. The third-order valence-corrected chi connectivity index (χ3v) is 3.27. The number of rotatable bonds is 3. The van der Waals surface area contributed by atoms with Crippen molar-refractivity contribution in [2.75, 3.05) is 6.54 Å². The van der Waals surface area contributed by atoms with Gasteiger partial charge in [-0.15, -0.1) is 0 Å². The Balaban J connectivity index is 1.96. The van der Waals surface area contributed by atoms with Crippen molar-refractivity contribution in [3.8, 4) is 0 Å². The smallest absolute Gasteiger partial charge is 0.155 e. The monoisotopic (exact) mass is 282 g/mol. The first-order valence-corrected chi connectivity index (χ1v) is 6.42. The van der Waals surface area contributed by atoms with E-state index in [1.54, 1.807) is 0 Å². The van der Waals surface area contributed by atoms with Crippen LogP contribution in [-0.2, 0) is 11.2 Å². The zero-order valence-corrected chi connectivity index (χ0v) is 10.7. The lowest BCUT2D eigenvalue weighted by Crippen LogP contribution is -2.41. The minimum absolute atomic E-state index is 0.0366. The van der Waals surface area contributed by atoms with Gasteiger partial charge in [-0.05, 0) is 47.4 Å². The van der Waals surface area contributed by atoms with Gasteiger partial charge in [-0.2, -0.15) is 0 Å². The molecule has 0 bridgehead atoms. The van der Waals surface area contributed by atoms with Crippen LogP contribution in [0.4, 0.5) is 0 Å². The lowest BCUT2D eigenvalue weighted by Gasteiger charge is -2.21. The van der Waals surface area contributed by atoms with Crippen LogP contribution in [-0.4, -0.2) is 23.4 Å². The van der Waals surface area contributed by atoms with Gasteiger partial charge in [0.1, 0.15) is 4.60 Å². The molecular formula is C12H15BrN2O. The summed E-state index contributed by atoms with van der Waals surface area (Å²) in [6.07, 6.45) is 3.72. The molecule has 1 aliphatic rings. The molecule has 0 aromatic carbocycles. The number of nitrogens with one attached hydrogen (secondary N) is 1. The van der Waals surface area contributed by atoms with Crippen molar-refractivity contribution in [3.63, 3.8) is 0 Å². The van der Waals surface area contributed by atoms with E-state index in [1.807, 2.05) is 18.2 Å². The van der Waals surface area contributed by atoms with E-state index < -0.39 is 0 Å². The minimum Gasteiger partial charge on any atom is -0.307 e. The first-order chi connectivity index (χ1) is 7.75. The van der Waals surface area contributed by atoms with E-state index in [1.165, 1.54) is 6.42 Å². The standard InChI is InChI=1S/C12H15BrN2O/c13-12-6-3-4-9(15-12)8-11(16)10-5-1-2-7-14-10/h3-4,6,10,14H,1-2,5,7-8H2. The third kappa shape index (κ3) is 3.12. The molecule has 1 aromatic rings. The van der Waals surface area contributed by atoms with Crippen molar-refractivity contribution < 1.29 is 4.79 Å². The van der Waals surface area contributed by atoms with Gasteiger partial charge in [-0.1, -0.05) is 12.5 Å². The fourth-order valence-corrected chi connectivity index (χ4v) is 2.36. The molecule has 1 saturated heterocycles. The number of halogens is 1. The van der Waals surface area contributed by atoms with Crippen molar-refractivity contribution in [3.05, 3.63) is 28.5 Å². The first-order valence-electron chi connectivity index (χ1n) is 5.63. The van der Waals surface area contributed by atoms with E-state index in [0.29, 0.717) is 6.42 Å².